The van der Waals surface area contributed by atoms with E-state index in [0.29, 0.717) is 5.56 Å². The first-order chi connectivity index (χ1) is 15.9. The van der Waals surface area contributed by atoms with E-state index in [1.54, 1.807) is 0 Å². The zero-order valence-electron chi connectivity index (χ0n) is 19.0. The lowest BCUT2D eigenvalue weighted by atomic mass is 9.81. The summed E-state index contributed by atoms with van der Waals surface area (Å²) in [4.78, 5) is 23.8. The number of nitrogens with one attached hydrogen (secondary N) is 1. The van der Waals surface area contributed by atoms with Gasteiger partial charge >= 0.3 is 18.3 Å². The molecule has 0 fully saturated rings. The average Bonchev–Trinajstić information content (AvgIpc) is 2.73. The molecule has 0 heterocycles. The number of alkyl halides is 6. The van der Waals surface area contributed by atoms with Crippen LogP contribution in [0.15, 0.2) is 42.5 Å². The third-order valence-electron chi connectivity index (χ3n) is 5.92. The van der Waals surface area contributed by atoms with Gasteiger partial charge in [0.1, 0.15) is 0 Å². The van der Waals surface area contributed by atoms with Crippen LogP contribution in [0.2, 0.25) is 5.02 Å². The molecule has 0 bridgehead atoms. The van der Waals surface area contributed by atoms with Crippen molar-refractivity contribution in [3.8, 4) is 0 Å². The van der Waals surface area contributed by atoms with Gasteiger partial charge in [-0.05, 0) is 49.1 Å². The van der Waals surface area contributed by atoms with Crippen LogP contribution in [0.3, 0.4) is 0 Å². The molecule has 0 unspecified atom stereocenters. The van der Waals surface area contributed by atoms with E-state index >= 15 is 0 Å². The molecule has 2 aromatic rings. The van der Waals surface area contributed by atoms with Gasteiger partial charge in [-0.2, -0.15) is 26.3 Å². The molecule has 11 heteroatoms. The van der Waals surface area contributed by atoms with Gasteiger partial charge in [0, 0.05) is 6.42 Å². The van der Waals surface area contributed by atoms with Crippen LogP contribution in [-0.2, 0) is 21.4 Å². The number of amides is 1. The molecule has 2 N–H and O–H groups in total. The van der Waals surface area contributed by atoms with Crippen LogP contribution in [0, 0.1) is 5.92 Å². The number of aliphatic carboxylic acids is 1. The molecule has 0 aliphatic heterocycles. The predicted molar refractivity (Wildman–Crippen MR) is 120 cm³/mol. The predicted octanol–water partition coefficient (Wildman–Crippen LogP) is 7.12. The van der Waals surface area contributed by atoms with Crippen molar-refractivity contribution in [3.05, 3.63) is 64.2 Å². The largest absolute Gasteiger partial charge is 0.481 e. The van der Waals surface area contributed by atoms with Crippen molar-refractivity contribution in [1.82, 2.24) is 0 Å². The highest BCUT2D eigenvalue weighted by Crippen LogP contribution is 2.42. The van der Waals surface area contributed by atoms with Gasteiger partial charge in [-0.25, -0.2) is 0 Å². The molecule has 0 spiro atoms. The Balaban J connectivity index is 2.42. The number of rotatable bonds is 8. The van der Waals surface area contributed by atoms with E-state index in [9.17, 15) is 35.9 Å². The highest BCUT2D eigenvalue weighted by atomic mass is 35.5. The maximum Gasteiger partial charge on any atom is 0.397 e. The van der Waals surface area contributed by atoms with Gasteiger partial charge in [-0.3, -0.25) is 9.59 Å². The second-order valence-corrected chi connectivity index (χ2v) is 9.16. The Morgan fingerprint density at radius 3 is 2.06 bits per heavy atom. The summed E-state index contributed by atoms with van der Waals surface area (Å²) < 4.78 is 80.9. The monoisotopic (exact) mass is 523 g/mol. The quantitative estimate of drug-likeness (QED) is 0.362. The summed E-state index contributed by atoms with van der Waals surface area (Å²) >= 11 is 6.08. The van der Waals surface area contributed by atoms with Gasteiger partial charge in [0.25, 0.3) is 0 Å². The minimum atomic E-state index is -4.78. The second kappa shape index (κ2) is 10.5. The number of benzene rings is 2. The van der Waals surface area contributed by atoms with E-state index in [0.717, 1.165) is 45.0 Å². The second-order valence-electron chi connectivity index (χ2n) is 8.75. The minimum absolute atomic E-state index is 0.00578. The maximum absolute atomic E-state index is 13.6. The van der Waals surface area contributed by atoms with Crippen molar-refractivity contribution in [2.45, 2.75) is 57.3 Å². The average molecular weight is 524 g/mol. The molecule has 35 heavy (non-hydrogen) atoms. The van der Waals surface area contributed by atoms with Gasteiger partial charge in [0.05, 0.1) is 28.0 Å². The normalized spacial score (nSPS) is 14.3. The number of carboxylic acid groups (broad SMARTS) is 1. The van der Waals surface area contributed by atoms with Gasteiger partial charge in [0.15, 0.2) is 0 Å². The van der Waals surface area contributed by atoms with E-state index < -0.39 is 41.5 Å². The molecular formula is C24H24ClF6NO3. The van der Waals surface area contributed by atoms with Crippen molar-refractivity contribution in [2.75, 3.05) is 5.32 Å². The van der Waals surface area contributed by atoms with Crippen molar-refractivity contribution >= 4 is 29.2 Å². The molecule has 2 aromatic carbocycles. The molecule has 0 aromatic heterocycles. The van der Waals surface area contributed by atoms with Crippen LogP contribution >= 0.6 is 11.6 Å². The number of carbonyl (C=O) groups excluding carboxylic acids is 1. The maximum atomic E-state index is 13.6. The Hall–Kier alpha value is -2.75. The summed E-state index contributed by atoms with van der Waals surface area (Å²) in [6.07, 6.45) is -9.47. The van der Waals surface area contributed by atoms with Gasteiger partial charge in [-0.1, -0.05) is 48.9 Å². The SMILES string of the molecule is C[C@H]([C@H](C(=O)Nc1cc(CCC(=O)O)ccc1Cl)c1ccc(C(C)(C)C(F)(F)F)cc1)C(F)(F)F. The number of hydrogen-bond acceptors (Lipinski definition) is 2. The Morgan fingerprint density at radius 1 is 1.00 bits per heavy atom. The highest BCUT2D eigenvalue weighted by molar-refractivity contribution is 6.33. The van der Waals surface area contributed by atoms with Crippen molar-refractivity contribution in [3.63, 3.8) is 0 Å². The smallest absolute Gasteiger partial charge is 0.397 e. The molecule has 0 aliphatic carbocycles. The summed E-state index contributed by atoms with van der Waals surface area (Å²) in [5.74, 6) is -6.06. The molecular weight excluding hydrogens is 500 g/mol. The van der Waals surface area contributed by atoms with Crippen LogP contribution in [0.4, 0.5) is 32.0 Å². The number of anilines is 1. The van der Waals surface area contributed by atoms with E-state index in [1.165, 1.54) is 18.2 Å². The number of carbonyl (C=O) groups is 2. The lowest BCUT2D eigenvalue weighted by molar-refractivity contribution is -0.180. The highest BCUT2D eigenvalue weighted by Gasteiger charge is 2.49. The first kappa shape index (κ1) is 28.5. The number of hydrogen-bond donors (Lipinski definition) is 2. The van der Waals surface area contributed by atoms with Gasteiger partial charge < -0.3 is 10.4 Å². The molecule has 2 rings (SSSR count). The first-order valence-corrected chi connectivity index (χ1v) is 10.9. The zero-order valence-corrected chi connectivity index (χ0v) is 19.8. The van der Waals surface area contributed by atoms with Crippen LogP contribution in [0.1, 0.15) is 49.8 Å². The fraction of sp³-hybridized carbons (Fsp3) is 0.417. The Morgan fingerprint density at radius 2 is 1.57 bits per heavy atom. The van der Waals surface area contributed by atoms with E-state index in [1.807, 2.05) is 0 Å². The Kier molecular flexibility index (Phi) is 8.53. The van der Waals surface area contributed by atoms with Crippen molar-refractivity contribution < 1.29 is 41.0 Å². The Bertz CT molecular complexity index is 1060. The molecule has 0 saturated heterocycles. The fourth-order valence-corrected chi connectivity index (χ4v) is 3.58. The lowest BCUT2D eigenvalue weighted by Crippen LogP contribution is -2.36. The summed E-state index contributed by atoms with van der Waals surface area (Å²) in [5, 5.41) is 11.2. The van der Waals surface area contributed by atoms with Gasteiger partial charge in [0.2, 0.25) is 5.91 Å². The lowest BCUT2D eigenvalue weighted by Gasteiger charge is -2.29. The fourth-order valence-electron chi connectivity index (χ4n) is 3.41. The molecule has 1 amide bonds. The minimum Gasteiger partial charge on any atom is -0.481 e. The molecule has 0 radical (unpaired) electrons. The van der Waals surface area contributed by atoms with E-state index in [4.69, 9.17) is 16.7 Å². The summed E-state index contributed by atoms with van der Waals surface area (Å²) in [7, 11) is 0. The number of aryl methyl sites for hydroxylation is 1. The molecule has 0 saturated carbocycles. The Labute approximate surface area is 203 Å². The van der Waals surface area contributed by atoms with Crippen molar-refractivity contribution in [2.24, 2.45) is 5.92 Å². The third-order valence-corrected chi connectivity index (χ3v) is 6.24. The van der Waals surface area contributed by atoms with Crippen LogP contribution in [-0.4, -0.2) is 29.3 Å². The molecule has 4 nitrogen and oxygen atoms in total. The van der Waals surface area contributed by atoms with Crippen LogP contribution < -0.4 is 5.32 Å². The molecule has 0 aliphatic rings. The van der Waals surface area contributed by atoms with Crippen LogP contribution in [0.25, 0.3) is 0 Å². The first-order valence-electron chi connectivity index (χ1n) is 10.5. The molecule has 2 atom stereocenters. The third kappa shape index (κ3) is 6.90. The molecule has 192 valence electrons. The summed E-state index contributed by atoms with van der Waals surface area (Å²) in [6.45, 7) is 2.70. The summed E-state index contributed by atoms with van der Waals surface area (Å²) in [5.41, 5.74) is -2.04. The summed E-state index contributed by atoms with van der Waals surface area (Å²) in [6, 6.07) is 8.56. The van der Waals surface area contributed by atoms with Crippen LogP contribution in [0.5, 0.6) is 0 Å². The standard InChI is InChI=1S/C24H24ClF6NO3/c1-13(23(26,27)28)20(15-6-8-16(9-7-15)22(2,3)24(29,30)31)21(35)32-18-12-14(4-10-17(18)25)5-11-19(33)34/h4,6-10,12-13,20H,5,11H2,1-3H3,(H,32,35)(H,33,34)/t13-,20+/m1/s1. The number of carboxylic acids is 1. The zero-order chi connectivity index (χ0) is 26.8. The topological polar surface area (TPSA) is 66.4 Å². The van der Waals surface area contributed by atoms with E-state index in [2.05, 4.69) is 5.32 Å². The van der Waals surface area contributed by atoms with Gasteiger partial charge in [-0.15, -0.1) is 0 Å². The van der Waals surface area contributed by atoms with Crippen molar-refractivity contribution in [1.29, 1.82) is 0 Å². The van der Waals surface area contributed by atoms with E-state index in [-0.39, 0.29) is 34.7 Å². The number of halogens is 7.